The molecule has 0 bridgehead atoms. The van der Waals surface area contributed by atoms with E-state index in [1.165, 1.54) is 24.3 Å². The van der Waals surface area contributed by atoms with Gasteiger partial charge in [-0.1, -0.05) is 0 Å². The predicted molar refractivity (Wildman–Crippen MR) is 89.9 cm³/mol. The Morgan fingerprint density at radius 2 is 1.48 bits per heavy atom. The van der Waals surface area contributed by atoms with Crippen molar-refractivity contribution < 1.29 is 34.2 Å². The topological polar surface area (TPSA) is 153 Å². The van der Waals surface area contributed by atoms with E-state index in [1.54, 1.807) is 0 Å². The summed E-state index contributed by atoms with van der Waals surface area (Å²) in [6, 6.07) is 5.63. The maximum atomic E-state index is 12.1. The lowest BCUT2D eigenvalue weighted by molar-refractivity contribution is -0.165. The molecule has 1 aromatic carbocycles. The zero-order valence-corrected chi connectivity index (χ0v) is 13.7. The second kappa shape index (κ2) is 6.48. The highest BCUT2D eigenvalue weighted by molar-refractivity contribution is 6.28. The number of hydrogen-bond donors (Lipinski definition) is 3. The van der Waals surface area contributed by atoms with Gasteiger partial charge < -0.3 is 10.2 Å². The Morgan fingerprint density at radius 1 is 0.963 bits per heavy atom. The zero-order valence-electron chi connectivity index (χ0n) is 13.7. The number of aliphatic carboxylic acids is 2. The summed E-state index contributed by atoms with van der Waals surface area (Å²) in [7, 11) is 0. The number of carboxylic acid groups (broad SMARTS) is 2. The highest BCUT2D eigenvalue weighted by Crippen LogP contribution is 2.39. The van der Waals surface area contributed by atoms with E-state index in [0.717, 1.165) is 17.1 Å². The summed E-state index contributed by atoms with van der Waals surface area (Å²) in [6.07, 6.45) is 1.71. The minimum Gasteiger partial charge on any atom is -0.480 e. The van der Waals surface area contributed by atoms with Gasteiger partial charge in [-0.3, -0.25) is 24.0 Å². The summed E-state index contributed by atoms with van der Waals surface area (Å²) in [6.45, 7) is 0. The minimum atomic E-state index is -1.89. The van der Waals surface area contributed by atoms with E-state index in [1.807, 2.05) is 0 Å². The maximum absolute atomic E-state index is 12.1. The summed E-state index contributed by atoms with van der Waals surface area (Å²) < 4.78 is 0. The molecule has 138 valence electrons. The molecule has 1 aliphatic heterocycles. The van der Waals surface area contributed by atoms with E-state index in [2.05, 4.69) is 10.5 Å². The number of nitrogens with zero attached hydrogens (tertiary/aromatic N) is 2. The fourth-order valence-corrected chi connectivity index (χ4v) is 2.73. The SMILES string of the molecule is O=C(NN=C1CC(C(=O)O)(C(=O)O)C1)c1ccc(N2C(=O)C=CC2=O)cc1. The normalized spacial score (nSPS) is 17.5. The summed E-state index contributed by atoms with van der Waals surface area (Å²) >= 11 is 0. The lowest BCUT2D eigenvalue weighted by Gasteiger charge is -2.34. The van der Waals surface area contributed by atoms with Crippen molar-refractivity contribution in [1.82, 2.24) is 5.43 Å². The molecule has 2 aliphatic rings. The van der Waals surface area contributed by atoms with Crippen LogP contribution in [-0.2, 0) is 19.2 Å². The Balaban J connectivity index is 1.63. The molecule has 1 saturated carbocycles. The van der Waals surface area contributed by atoms with Gasteiger partial charge in [0, 0.05) is 36.3 Å². The van der Waals surface area contributed by atoms with Crippen LogP contribution in [0.4, 0.5) is 5.69 Å². The number of rotatable bonds is 5. The van der Waals surface area contributed by atoms with Crippen molar-refractivity contribution in [2.75, 3.05) is 4.90 Å². The Kier molecular flexibility index (Phi) is 4.32. The van der Waals surface area contributed by atoms with Gasteiger partial charge in [0.2, 0.25) is 0 Å². The third-order valence-electron chi connectivity index (χ3n) is 4.34. The predicted octanol–water partition coefficient (Wildman–Crippen LogP) is 0.151. The Hall–Kier alpha value is -3.82. The van der Waals surface area contributed by atoms with Crippen molar-refractivity contribution in [1.29, 1.82) is 0 Å². The van der Waals surface area contributed by atoms with Crippen LogP contribution in [0.5, 0.6) is 0 Å². The van der Waals surface area contributed by atoms with Gasteiger partial charge in [-0.25, -0.2) is 10.3 Å². The van der Waals surface area contributed by atoms with E-state index in [4.69, 9.17) is 10.2 Å². The van der Waals surface area contributed by atoms with Crippen molar-refractivity contribution in [3.05, 3.63) is 42.0 Å². The molecule has 10 heteroatoms. The van der Waals surface area contributed by atoms with E-state index in [0.29, 0.717) is 5.69 Å². The highest BCUT2D eigenvalue weighted by Gasteiger charge is 2.55. The highest BCUT2D eigenvalue weighted by atomic mass is 16.4. The first kappa shape index (κ1) is 18.0. The Morgan fingerprint density at radius 3 is 1.96 bits per heavy atom. The van der Waals surface area contributed by atoms with Gasteiger partial charge in [-0.15, -0.1) is 0 Å². The van der Waals surface area contributed by atoms with E-state index >= 15 is 0 Å². The third-order valence-corrected chi connectivity index (χ3v) is 4.34. The van der Waals surface area contributed by atoms with Crippen LogP contribution >= 0.6 is 0 Å². The van der Waals surface area contributed by atoms with Crippen LogP contribution in [0, 0.1) is 5.41 Å². The first-order valence-corrected chi connectivity index (χ1v) is 7.73. The Bertz CT molecular complexity index is 888. The van der Waals surface area contributed by atoms with E-state index in [9.17, 15) is 24.0 Å². The molecule has 3 N–H and O–H groups in total. The molecule has 3 amide bonds. The van der Waals surface area contributed by atoms with Crippen LogP contribution in [0.2, 0.25) is 0 Å². The number of nitrogens with one attached hydrogen (secondary N) is 1. The summed E-state index contributed by atoms with van der Waals surface area (Å²) in [5, 5.41) is 21.8. The van der Waals surface area contributed by atoms with Crippen LogP contribution < -0.4 is 10.3 Å². The number of carbonyl (C=O) groups excluding carboxylic acids is 3. The number of carbonyl (C=O) groups is 5. The standard InChI is InChI=1S/C17H13N3O7/c21-12-5-6-13(22)20(12)11-3-1-9(2-4-11)14(23)19-18-10-7-17(8-10,15(24)25)16(26)27/h1-6H,7-8H2,(H,19,23)(H,24,25)(H,26,27). The van der Waals surface area contributed by atoms with Crippen molar-refractivity contribution in [2.45, 2.75) is 12.8 Å². The molecule has 1 aliphatic carbocycles. The number of amides is 3. The van der Waals surface area contributed by atoms with Crippen LogP contribution in [0.15, 0.2) is 41.5 Å². The van der Waals surface area contributed by atoms with E-state index in [-0.39, 0.29) is 24.1 Å². The first-order valence-electron chi connectivity index (χ1n) is 7.73. The van der Waals surface area contributed by atoms with Crippen LogP contribution in [0.1, 0.15) is 23.2 Å². The molecule has 0 saturated heterocycles. The summed E-state index contributed by atoms with van der Waals surface area (Å²) in [5.41, 5.74) is 1.09. The average molecular weight is 371 g/mol. The second-order valence-corrected chi connectivity index (χ2v) is 6.06. The molecule has 0 spiro atoms. The van der Waals surface area contributed by atoms with Gasteiger partial charge >= 0.3 is 11.9 Å². The summed E-state index contributed by atoms with van der Waals surface area (Å²) in [5.74, 6) is -4.45. The van der Waals surface area contributed by atoms with Crippen molar-refractivity contribution in [3.8, 4) is 0 Å². The molecule has 0 atom stereocenters. The van der Waals surface area contributed by atoms with Crippen LogP contribution in [0.25, 0.3) is 0 Å². The number of imide groups is 1. The quantitative estimate of drug-likeness (QED) is 0.378. The molecule has 0 aromatic heterocycles. The zero-order chi connectivity index (χ0) is 19.8. The molecule has 27 heavy (non-hydrogen) atoms. The smallest absolute Gasteiger partial charge is 0.321 e. The molecule has 0 radical (unpaired) electrons. The molecule has 1 fully saturated rings. The van der Waals surface area contributed by atoms with Crippen molar-refractivity contribution >= 4 is 41.1 Å². The lowest BCUT2D eigenvalue weighted by atomic mass is 9.67. The van der Waals surface area contributed by atoms with Crippen LogP contribution in [-0.4, -0.2) is 45.6 Å². The third kappa shape index (κ3) is 3.08. The molecule has 1 heterocycles. The van der Waals surface area contributed by atoms with E-state index < -0.39 is 35.1 Å². The molecular formula is C17H13N3O7. The van der Waals surface area contributed by atoms with Gasteiger partial charge in [0.15, 0.2) is 5.41 Å². The first-order chi connectivity index (χ1) is 12.7. The van der Waals surface area contributed by atoms with Gasteiger partial charge in [-0.2, -0.15) is 5.10 Å². The fraction of sp³-hybridized carbons (Fsp3) is 0.176. The largest absolute Gasteiger partial charge is 0.480 e. The van der Waals surface area contributed by atoms with Gasteiger partial charge in [0.1, 0.15) is 0 Å². The Labute approximate surface area is 151 Å². The van der Waals surface area contributed by atoms with Gasteiger partial charge in [0.25, 0.3) is 17.7 Å². The lowest BCUT2D eigenvalue weighted by Crippen LogP contribution is -2.51. The van der Waals surface area contributed by atoms with Crippen molar-refractivity contribution in [2.24, 2.45) is 10.5 Å². The molecule has 10 nitrogen and oxygen atoms in total. The minimum absolute atomic E-state index is 0.192. The second-order valence-electron chi connectivity index (χ2n) is 6.06. The number of carboxylic acids is 2. The van der Waals surface area contributed by atoms with Crippen molar-refractivity contribution in [3.63, 3.8) is 0 Å². The number of hydrogen-bond acceptors (Lipinski definition) is 6. The maximum Gasteiger partial charge on any atom is 0.321 e. The van der Waals surface area contributed by atoms with Crippen LogP contribution in [0.3, 0.4) is 0 Å². The number of anilines is 1. The molecule has 0 unspecified atom stereocenters. The number of hydrazone groups is 1. The molecule has 1 aromatic rings. The molecular weight excluding hydrogens is 358 g/mol. The molecule has 3 rings (SSSR count). The summed E-state index contributed by atoms with van der Waals surface area (Å²) in [4.78, 5) is 58.4. The van der Waals surface area contributed by atoms with Gasteiger partial charge in [-0.05, 0) is 24.3 Å². The van der Waals surface area contributed by atoms with Gasteiger partial charge in [0.05, 0.1) is 5.69 Å². The average Bonchev–Trinajstić information content (AvgIpc) is 2.91. The number of benzene rings is 1. The monoisotopic (exact) mass is 371 g/mol. The fourth-order valence-electron chi connectivity index (χ4n) is 2.73.